The van der Waals surface area contributed by atoms with Crippen LogP contribution in [0.4, 0.5) is 4.79 Å². The lowest BCUT2D eigenvalue weighted by Gasteiger charge is -2.26. The Morgan fingerprint density at radius 3 is 2.57 bits per heavy atom. The molecule has 1 aromatic heterocycles. The Bertz CT molecular complexity index is 1030. The van der Waals surface area contributed by atoms with Crippen LogP contribution >= 0.6 is 11.6 Å². The van der Waals surface area contributed by atoms with Crippen molar-refractivity contribution in [3.05, 3.63) is 63.4 Å². The second kappa shape index (κ2) is 6.95. The first-order valence-electron chi connectivity index (χ1n) is 9.17. The Morgan fingerprint density at radius 1 is 1.18 bits per heavy atom. The van der Waals surface area contributed by atoms with Gasteiger partial charge in [0.05, 0.1) is 6.54 Å². The van der Waals surface area contributed by atoms with E-state index in [9.17, 15) is 14.4 Å². The number of aromatic nitrogens is 1. The lowest BCUT2D eigenvalue weighted by molar-refractivity contribution is -0.130. The number of hydrogen-bond donors (Lipinski definition) is 1. The molecular weight excluding hydrogens is 378 g/mol. The highest BCUT2D eigenvalue weighted by Crippen LogP contribution is 2.38. The molecule has 1 saturated heterocycles. The van der Waals surface area contributed by atoms with Crippen molar-refractivity contribution in [2.24, 2.45) is 0 Å². The molecule has 1 aromatic carbocycles. The van der Waals surface area contributed by atoms with Gasteiger partial charge in [0.15, 0.2) is 0 Å². The van der Waals surface area contributed by atoms with Gasteiger partial charge in [-0.2, -0.15) is 0 Å². The first-order chi connectivity index (χ1) is 13.4. The van der Waals surface area contributed by atoms with Gasteiger partial charge in [-0.1, -0.05) is 29.8 Å². The molecule has 2 heterocycles. The van der Waals surface area contributed by atoms with Crippen molar-refractivity contribution in [2.75, 3.05) is 0 Å². The lowest BCUT2D eigenvalue weighted by Crippen LogP contribution is -2.53. The summed E-state index contributed by atoms with van der Waals surface area (Å²) < 4.78 is 2.24. The molecular formula is C21H20ClN3O3. The average molecular weight is 398 g/mol. The van der Waals surface area contributed by atoms with Gasteiger partial charge in [0.1, 0.15) is 5.57 Å². The second-order valence-corrected chi connectivity index (χ2v) is 7.63. The SMILES string of the molecule is Cc1cc(/C=C2\C(=O)NC(=O)N(Cc3ccccc3Cl)C2=O)c(C)n1C1CC1. The first-order valence-corrected chi connectivity index (χ1v) is 9.55. The first kappa shape index (κ1) is 18.5. The Kier molecular flexibility index (Phi) is 4.59. The van der Waals surface area contributed by atoms with Crippen LogP contribution in [0.3, 0.4) is 0 Å². The zero-order valence-corrected chi connectivity index (χ0v) is 16.4. The number of carbonyl (C=O) groups excluding carboxylic acids is 3. The monoisotopic (exact) mass is 397 g/mol. The van der Waals surface area contributed by atoms with Crippen molar-refractivity contribution >= 4 is 35.5 Å². The zero-order chi connectivity index (χ0) is 20.0. The number of amides is 4. The van der Waals surface area contributed by atoms with Gasteiger partial charge in [0, 0.05) is 22.5 Å². The van der Waals surface area contributed by atoms with Crippen molar-refractivity contribution in [1.82, 2.24) is 14.8 Å². The molecule has 0 spiro atoms. The van der Waals surface area contributed by atoms with Crippen LogP contribution in [0.15, 0.2) is 35.9 Å². The zero-order valence-electron chi connectivity index (χ0n) is 15.7. The van der Waals surface area contributed by atoms with Crippen LogP contribution in [0.1, 0.15) is 41.4 Å². The predicted octanol–water partition coefficient (Wildman–Crippen LogP) is 3.76. The van der Waals surface area contributed by atoms with Crippen LogP contribution < -0.4 is 5.32 Å². The third-order valence-corrected chi connectivity index (χ3v) is 5.58. The number of carbonyl (C=O) groups is 3. The molecule has 0 radical (unpaired) electrons. The molecule has 28 heavy (non-hydrogen) atoms. The predicted molar refractivity (Wildman–Crippen MR) is 106 cm³/mol. The van der Waals surface area contributed by atoms with Gasteiger partial charge >= 0.3 is 6.03 Å². The molecule has 4 amide bonds. The van der Waals surface area contributed by atoms with E-state index in [1.807, 2.05) is 19.9 Å². The highest BCUT2D eigenvalue weighted by atomic mass is 35.5. The van der Waals surface area contributed by atoms with Crippen molar-refractivity contribution in [2.45, 2.75) is 39.3 Å². The number of rotatable bonds is 4. The summed E-state index contributed by atoms with van der Waals surface area (Å²) in [6.45, 7) is 4.00. The number of imide groups is 2. The van der Waals surface area contributed by atoms with Gasteiger partial charge in [-0.3, -0.25) is 19.8 Å². The fraction of sp³-hybridized carbons (Fsp3) is 0.286. The Morgan fingerprint density at radius 2 is 1.89 bits per heavy atom. The maximum atomic E-state index is 12.9. The number of nitrogens with one attached hydrogen (secondary N) is 1. The molecule has 1 N–H and O–H groups in total. The highest BCUT2D eigenvalue weighted by molar-refractivity contribution is 6.32. The molecule has 4 rings (SSSR count). The van der Waals surface area contributed by atoms with E-state index in [-0.39, 0.29) is 12.1 Å². The fourth-order valence-corrected chi connectivity index (χ4v) is 3.83. The van der Waals surface area contributed by atoms with Crippen molar-refractivity contribution in [1.29, 1.82) is 0 Å². The minimum atomic E-state index is -0.740. The lowest BCUT2D eigenvalue weighted by atomic mass is 10.1. The third-order valence-electron chi connectivity index (χ3n) is 5.21. The topological polar surface area (TPSA) is 71.4 Å². The van der Waals surface area contributed by atoms with E-state index in [0.29, 0.717) is 16.6 Å². The van der Waals surface area contributed by atoms with Crippen LogP contribution in [0.25, 0.3) is 6.08 Å². The van der Waals surface area contributed by atoms with Crippen molar-refractivity contribution in [3.8, 4) is 0 Å². The summed E-state index contributed by atoms with van der Waals surface area (Å²) in [5.74, 6) is -1.30. The Labute approximate surface area is 167 Å². The van der Waals surface area contributed by atoms with E-state index in [2.05, 4.69) is 9.88 Å². The van der Waals surface area contributed by atoms with Gasteiger partial charge in [-0.25, -0.2) is 4.79 Å². The normalized spacial score (nSPS) is 18.8. The molecule has 0 bridgehead atoms. The Hall–Kier alpha value is -2.86. The van der Waals surface area contributed by atoms with Crippen molar-refractivity contribution < 1.29 is 14.4 Å². The van der Waals surface area contributed by atoms with E-state index in [1.54, 1.807) is 30.3 Å². The minimum Gasteiger partial charge on any atom is -0.346 e. The number of benzene rings is 1. The van der Waals surface area contributed by atoms with E-state index >= 15 is 0 Å². The summed E-state index contributed by atoms with van der Waals surface area (Å²) in [6, 6.07) is 8.72. The molecule has 0 unspecified atom stereocenters. The number of urea groups is 1. The number of hydrogen-bond acceptors (Lipinski definition) is 3. The molecule has 1 aliphatic carbocycles. The van der Waals surface area contributed by atoms with Crippen LogP contribution in [0, 0.1) is 13.8 Å². The maximum Gasteiger partial charge on any atom is 0.331 e. The number of barbiturate groups is 1. The summed E-state index contributed by atoms with van der Waals surface area (Å²) in [4.78, 5) is 38.6. The molecule has 2 aliphatic rings. The van der Waals surface area contributed by atoms with Crippen LogP contribution in [-0.4, -0.2) is 27.3 Å². The molecule has 1 saturated carbocycles. The highest BCUT2D eigenvalue weighted by Gasteiger charge is 2.36. The third kappa shape index (κ3) is 3.24. The number of aryl methyl sites for hydroxylation is 1. The molecule has 2 fully saturated rings. The van der Waals surface area contributed by atoms with Crippen molar-refractivity contribution in [3.63, 3.8) is 0 Å². The number of nitrogens with zero attached hydrogens (tertiary/aromatic N) is 2. The average Bonchev–Trinajstić information content (AvgIpc) is 3.43. The smallest absolute Gasteiger partial charge is 0.331 e. The minimum absolute atomic E-state index is 0.00391. The van der Waals surface area contributed by atoms with Crippen LogP contribution in [0.2, 0.25) is 5.02 Å². The summed E-state index contributed by atoms with van der Waals surface area (Å²) in [7, 11) is 0. The molecule has 7 heteroatoms. The molecule has 0 atom stereocenters. The van der Waals surface area contributed by atoms with Gasteiger partial charge in [-0.15, -0.1) is 0 Å². The van der Waals surface area contributed by atoms with Gasteiger partial charge in [-0.05, 0) is 56.0 Å². The quantitative estimate of drug-likeness (QED) is 0.630. The van der Waals surface area contributed by atoms with Crippen LogP contribution in [0.5, 0.6) is 0 Å². The van der Waals surface area contributed by atoms with E-state index in [0.717, 1.165) is 34.7 Å². The number of halogens is 1. The standard InChI is InChI=1S/C21H20ClN3O3/c1-12-9-15(13(2)25(12)16-7-8-16)10-17-19(26)23-21(28)24(20(17)27)11-14-5-3-4-6-18(14)22/h3-6,9-10,16H,7-8,11H2,1-2H3,(H,23,26,28)/b17-10+. The maximum absolute atomic E-state index is 12.9. The molecule has 2 aromatic rings. The van der Waals surface area contributed by atoms with Gasteiger partial charge in [0.2, 0.25) is 0 Å². The largest absolute Gasteiger partial charge is 0.346 e. The Balaban J connectivity index is 1.67. The van der Waals surface area contributed by atoms with E-state index in [1.165, 1.54) is 0 Å². The fourth-order valence-electron chi connectivity index (χ4n) is 3.63. The summed E-state index contributed by atoms with van der Waals surface area (Å²) >= 11 is 6.16. The molecule has 6 nitrogen and oxygen atoms in total. The second-order valence-electron chi connectivity index (χ2n) is 7.23. The molecule has 1 aliphatic heterocycles. The van der Waals surface area contributed by atoms with E-state index < -0.39 is 17.8 Å². The van der Waals surface area contributed by atoms with Gasteiger partial charge < -0.3 is 4.57 Å². The van der Waals surface area contributed by atoms with Crippen LogP contribution in [-0.2, 0) is 16.1 Å². The van der Waals surface area contributed by atoms with E-state index in [4.69, 9.17) is 11.6 Å². The molecule has 144 valence electrons. The summed E-state index contributed by atoms with van der Waals surface area (Å²) in [5.41, 5.74) is 3.51. The summed E-state index contributed by atoms with van der Waals surface area (Å²) in [5, 5.41) is 2.71. The summed E-state index contributed by atoms with van der Waals surface area (Å²) in [6.07, 6.45) is 3.86. The van der Waals surface area contributed by atoms with Gasteiger partial charge in [0.25, 0.3) is 11.8 Å².